The molecule has 9 heteroatoms. The average molecular weight is 445 g/mol. The molecule has 1 saturated heterocycles. The summed E-state index contributed by atoms with van der Waals surface area (Å²) in [6.07, 6.45) is -0.833. The second-order valence-corrected chi connectivity index (χ2v) is 8.56. The molecule has 0 spiro atoms. The minimum absolute atomic E-state index is 0.0825. The van der Waals surface area contributed by atoms with Crippen LogP contribution in [0.4, 0.5) is 13.6 Å². The number of ether oxygens (including phenoxy) is 3. The van der Waals surface area contributed by atoms with E-state index in [1.54, 1.807) is 23.1 Å². The van der Waals surface area contributed by atoms with Crippen LogP contribution in [0.25, 0.3) is 16.6 Å². The molecule has 0 radical (unpaired) electrons. The van der Waals surface area contributed by atoms with Crippen molar-refractivity contribution < 1.29 is 27.8 Å². The lowest BCUT2D eigenvalue weighted by Gasteiger charge is -2.33. The molecular formula is C23H25F2N3O4. The highest BCUT2D eigenvalue weighted by atomic mass is 19.1. The lowest BCUT2D eigenvalue weighted by molar-refractivity contribution is -0.0560. The Morgan fingerprint density at radius 1 is 1.22 bits per heavy atom. The van der Waals surface area contributed by atoms with Crippen LogP contribution >= 0.6 is 0 Å². The van der Waals surface area contributed by atoms with Crippen molar-refractivity contribution in [3.8, 4) is 11.6 Å². The molecule has 1 aromatic heterocycles. The number of hydrogen-bond acceptors (Lipinski definition) is 5. The largest absolute Gasteiger partial charge is 0.473 e. The Kier molecular flexibility index (Phi) is 6.01. The van der Waals surface area contributed by atoms with E-state index in [0.717, 1.165) is 0 Å². The Balaban J connectivity index is 1.53. The molecule has 0 bridgehead atoms. The van der Waals surface area contributed by atoms with E-state index in [1.165, 1.54) is 28.9 Å². The molecule has 0 aliphatic carbocycles. The fraction of sp³-hybridized carbons (Fsp3) is 0.391. The second-order valence-electron chi connectivity index (χ2n) is 8.56. The summed E-state index contributed by atoms with van der Waals surface area (Å²) in [5, 5.41) is 4.79. The number of amides is 1. The summed E-state index contributed by atoms with van der Waals surface area (Å²) in [6.45, 7) is 6.55. The Bertz CT molecular complexity index is 1130. The highest BCUT2D eigenvalue weighted by Crippen LogP contribution is 2.29. The zero-order valence-electron chi connectivity index (χ0n) is 18.2. The van der Waals surface area contributed by atoms with Crippen molar-refractivity contribution in [2.24, 2.45) is 0 Å². The van der Waals surface area contributed by atoms with Crippen LogP contribution < -0.4 is 4.74 Å². The van der Waals surface area contributed by atoms with Crippen LogP contribution in [0.3, 0.4) is 0 Å². The van der Waals surface area contributed by atoms with E-state index in [9.17, 15) is 13.6 Å². The number of aromatic nitrogens is 2. The monoisotopic (exact) mass is 445 g/mol. The fourth-order valence-electron chi connectivity index (χ4n) is 3.46. The topological polar surface area (TPSA) is 65.8 Å². The van der Waals surface area contributed by atoms with Crippen molar-refractivity contribution in [3.05, 3.63) is 54.1 Å². The van der Waals surface area contributed by atoms with Crippen molar-refractivity contribution in [1.29, 1.82) is 0 Å². The van der Waals surface area contributed by atoms with Crippen molar-refractivity contribution >= 4 is 17.0 Å². The zero-order chi connectivity index (χ0) is 22.9. The Labute approximate surface area is 184 Å². The molecule has 3 aromatic rings. The standard InChI is InChI=1S/C23H25F2N3O4/c1-23(2,3)32-22(29)27-10-11-30-16(13-27)14-31-21-17-12-15(24)8-9-19(17)28(26-21)20-7-5-4-6-18(20)25/h4-9,12,16H,10-11,13-14H2,1-3H3. The first-order valence-corrected chi connectivity index (χ1v) is 10.4. The van der Waals surface area contributed by atoms with Crippen molar-refractivity contribution in [2.45, 2.75) is 32.5 Å². The van der Waals surface area contributed by atoms with Crippen molar-refractivity contribution in [1.82, 2.24) is 14.7 Å². The lowest BCUT2D eigenvalue weighted by atomic mass is 10.2. The third-order valence-corrected chi connectivity index (χ3v) is 4.89. The maximum Gasteiger partial charge on any atom is 0.410 e. The number of rotatable bonds is 4. The normalized spacial score (nSPS) is 16.9. The molecule has 7 nitrogen and oxygen atoms in total. The number of morpholine rings is 1. The van der Waals surface area contributed by atoms with Crippen molar-refractivity contribution in [3.63, 3.8) is 0 Å². The Morgan fingerprint density at radius 2 is 2.00 bits per heavy atom. The van der Waals surface area contributed by atoms with Gasteiger partial charge < -0.3 is 19.1 Å². The molecule has 0 saturated carbocycles. The molecule has 1 aliphatic heterocycles. The first kappa shape index (κ1) is 22.0. The second kappa shape index (κ2) is 8.74. The number of hydrogen-bond donors (Lipinski definition) is 0. The Hall–Kier alpha value is -3.20. The first-order valence-electron chi connectivity index (χ1n) is 10.4. The van der Waals surface area contributed by atoms with E-state index in [1.807, 2.05) is 20.8 Å². The van der Waals surface area contributed by atoms with E-state index in [2.05, 4.69) is 5.10 Å². The average Bonchev–Trinajstić information content (AvgIpc) is 3.09. The number of para-hydroxylation sites is 1. The van der Waals surface area contributed by atoms with Gasteiger partial charge in [-0.1, -0.05) is 12.1 Å². The van der Waals surface area contributed by atoms with Gasteiger partial charge in [-0.25, -0.2) is 18.3 Å². The van der Waals surface area contributed by atoms with Gasteiger partial charge in [-0.15, -0.1) is 5.10 Å². The molecule has 1 unspecified atom stereocenters. The van der Waals surface area contributed by atoms with Crippen LogP contribution in [0.2, 0.25) is 0 Å². The minimum atomic E-state index is -0.593. The van der Waals surface area contributed by atoms with Gasteiger partial charge in [-0.2, -0.15) is 0 Å². The molecule has 1 atom stereocenters. The molecule has 1 amide bonds. The highest BCUT2D eigenvalue weighted by molar-refractivity contribution is 5.86. The summed E-state index contributed by atoms with van der Waals surface area (Å²) in [7, 11) is 0. The van der Waals surface area contributed by atoms with Gasteiger partial charge in [-0.05, 0) is 51.1 Å². The molecular weight excluding hydrogens is 420 g/mol. The number of fused-ring (bicyclic) bond motifs is 1. The summed E-state index contributed by atoms with van der Waals surface area (Å²) < 4.78 is 46.7. The number of nitrogens with zero attached hydrogens (tertiary/aromatic N) is 3. The van der Waals surface area contributed by atoms with Crippen LogP contribution in [-0.2, 0) is 9.47 Å². The van der Waals surface area contributed by atoms with Crippen LogP contribution in [0.1, 0.15) is 20.8 Å². The highest BCUT2D eigenvalue weighted by Gasteiger charge is 2.29. The van der Waals surface area contributed by atoms with Crippen LogP contribution in [0, 0.1) is 11.6 Å². The maximum atomic E-state index is 14.4. The third-order valence-electron chi connectivity index (χ3n) is 4.89. The van der Waals surface area contributed by atoms with E-state index in [0.29, 0.717) is 24.1 Å². The van der Waals surface area contributed by atoms with Gasteiger partial charge in [-0.3, -0.25) is 0 Å². The Morgan fingerprint density at radius 3 is 2.75 bits per heavy atom. The van der Waals surface area contributed by atoms with Crippen molar-refractivity contribution in [2.75, 3.05) is 26.3 Å². The summed E-state index contributed by atoms with van der Waals surface area (Å²) in [5.41, 5.74) is 0.139. The van der Waals surface area contributed by atoms with Crippen LogP contribution in [0.15, 0.2) is 42.5 Å². The number of benzene rings is 2. The summed E-state index contributed by atoms with van der Waals surface area (Å²) >= 11 is 0. The van der Waals surface area contributed by atoms with Crippen LogP contribution in [0.5, 0.6) is 5.88 Å². The molecule has 2 aromatic carbocycles. The third kappa shape index (κ3) is 4.83. The smallest absolute Gasteiger partial charge is 0.410 e. The minimum Gasteiger partial charge on any atom is -0.473 e. The zero-order valence-corrected chi connectivity index (χ0v) is 18.2. The molecule has 170 valence electrons. The fourth-order valence-corrected chi connectivity index (χ4v) is 3.46. The number of halogens is 2. The van der Waals surface area contributed by atoms with E-state index >= 15 is 0 Å². The molecule has 1 aliphatic rings. The first-order chi connectivity index (χ1) is 15.2. The number of carbonyl (C=O) groups is 1. The van der Waals surface area contributed by atoms with E-state index in [-0.39, 0.29) is 24.7 Å². The molecule has 32 heavy (non-hydrogen) atoms. The van der Waals surface area contributed by atoms with Gasteiger partial charge in [0.2, 0.25) is 5.88 Å². The molecule has 4 rings (SSSR count). The van der Waals surface area contributed by atoms with E-state index < -0.39 is 29.4 Å². The van der Waals surface area contributed by atoms with Gasteiger partial charge in [0.1, 0.15) is 35.6 Å². The van der Waals surface area contributed by atoms with Gasteiger partial charge in [0.25, 0.3) is 0 Å². The van der Waals surface area contributed by atoms with Gasteiger partial charge in [0.15, 0.2) is 0 Å². The van der Waals surface area contributed by atoms with Gasteiger partial charge >= 0.3 is 6.09 Å². The van der Waals surface area contributed by atoms with Crippen LogP contribution in [-0.4, -0.2) is 58.8 Å². The summed E-state index contributed by atoms with van der Waals surface area (Å²) in [6, 6.07) is 10.3. The quantitative estimate of drug-likeness (QED) is 0.599. The summed E-state index contributed by atoms with van der Waals surface area (Å²) in [5.74, 6) is -0.766. The predicted molar refractivity (Wildman–Crippen MR) is 114 cm³/mol. The molecule has 1 fully saturated rings. The molecule has 2 heterocycles. The SMILES string of the molecule is CC(C)(C)OC(=O)N1CCOC(COc2nn(-c3ccccc3F)c3ccc(F)cc23)C1. The maximum absolute atomic E-state index is 14.4. The predicted octanol–water partition coefficient (Wildman–Crippen LogP) is 4.32. The van der Waals surface area contributed by atoms with E-state index in [4.69, 9.17) is 14.2 Å². The lowest BCUT2D eigenvalue weighted by Crippen LogP contribution is -2.49. The molecule has 0 N–H and O–H groups in total. The van der Waals surface area contributed by atoms with Gasteiger partial charge in [0, 0.05) is 6.54 Å². The summed E-state index contributed by atoms with van der Waals surface area (Å²) in [4.78, 5) is 13.9. The van der Waals surface area contributed by atoms with Gasteiger partial charge in [0.05, 0.1) is 24.1 Å². The number of carbonyl (C=O) groups excluding carboxylic acids is 1.